The van der Waals surface area contributed by atoms with Crippen LogP contribution in [-0.4, -0.2) is 32.2 Å². The van der Waals surface area contributed by atoms with E-state index >= 15 is 0 Å². The molecule has 1 amide bonds. The van der Waals surface area contributed by atoms with E-state index in [9.17, 15) is 9.90 Å². The lowest BCUT2D eigenvalue weighted by molar-refractivity contribution is 0.102. The van der Waals surface area contributed by atoms with Gasteiger partial charge in [-0.2, -0.15) is 0 Å². The lowest BCUT2D eigenvalue weighted by Gasteiger charge is -2.14. The molecule has 2 aromatic rings. The Hall–Kier alpha value is -2.69. The van der Waals surface area contributed by atoms with Gasteiger partial charge in [-0.1, -0.05) is 6.07 Å². The summed E-state index contributed by atoms with van der Waals surface area (Å²) in [6.07, 6.45) is 0. The number of amides is 1. The van der Waals surface area contributed by atoms with Crippen LogP contribution in [0, 0.1) is 0 Å². The fourth-order valence-corrected chi connectivity index (χ4v) is 1.88. The van der Waals surface area contributed by atoms with Crippen LogP contribution < -0.4 is 15.0 Å². The highest BCUT2D eigenvalue weighted by Crippen LogP contribution is 2.24. The summed E-state index contributed by atoms with van der Waals surface area (Å²) in [7, 11) is 5.36. The van der Waals surface area contributed by atoms with Gasteiger partial charge in [-0.3, -0.25) is 4.79 Å². The van der Waals surface area contributed by atoms with E-state index in [4.69, 9.17) is 4.74 Å². The zero-order valence-corrected chi connectivity index (χ0v) is 12.3. The van der Waals surface area contributed by atoms with Crippen molar-refractivity contribution in [2.24, 2.45) is 0 Å². The molecule has 0 fully saturated rings. The third-order valence-corrected chi connectivity index (χ3v) is 3.07. The molecule has 0 aliphatic heterocycles. The number of hydrogen-bond donors (Lipinski definition) is 2. The Kier molecular flexibility index (Phi) is 4.33. The van der Waals surface area contributed by atoms with Gasteiger partial charge in [0.25, 0.3) is 5.91 Å². The summed E-state index contributed by atoms with van der Waals surface area (Å²) in [5.41, 5.74) is 1.81. The molecule has 0 saturated heterocycles. The van der Waals surface area contributed by atoms with Crippen LogP contribution in [0.2, 0.25) is 0 Å². The van der Waals surface area contributed by atoms with Crippen molar-refractivity contribution < 1.29 is 14.6 Å². The SMILES string of the molecule is COc1ccc(O)c(C(=O)Nc2cccc(N(C)C)c2)c1. The first-order valence-corrected chi connectivity index (χ1v) is 6.47. The average Bonchev–Trinajstić information content (AvgIpc) is 2.48. The topological polar surface area (TPSA) is 61.8 Å². The van der Waals surface area contributed by atoms with Gasteiger partial charge < -0.3 is 20.1 Å². The van der Waals surface area contributed by atoms with Crippen LogP contribution in [0.4, 0.5) is 11.4 Å². The maximum Gasteiger partial charge on any atom is 0.259 e. The quantitative estimate of drug-likeness (QED) is 0.907. The lowest BCUT2D eigenvalue weighted by atomic mass is 10.1. The van der Waals surface area contributed by atoms with Crippen LogP contribution in [0.3, 0.4) is 0 Å². The van der Waals surface area contributed by atoms with Gasteiger partial charge in [0.1, 0.15) is 11.5 Å². The van der Waals surface area contributed by atoms with Crippen LogP contribution in [0.15, 0.2) is 42.5 Å². The van der Waals surface area contributed by atoms with Crippen LogP contribution in [0.5, 0.6) is 11.5 Å². The van der Waals surface area contributed by atoms with Crippen LogP contribution in [0.25, 0.3) is 0 Å². The summed E-state index contributed by atoms with van der Waals surface area (Å²) in [4.78, 5) is 14.2. The average molecular weight is 286 g/mol. The minimum atomic E-state index is -0.387. The molecular formula is C16H18N2O3. The largest absolute Gasteiger partial charge is 0.507 e. The number of benzene rings is 2. The van der Waals surface area contributed by atoms with E-state index in [1.807, 2.05) is 37.2 Å². The molecule has 0 heterocycles. The second-order valence-corrected chi connectivity index (χ2v) is 4.78. The maximum atomic E-state index is 12.2. The Morgan fingerprint density at radius 1 is 1.19 bits per heavy atom. The maximum absolute atomic E-state index is 12.2. The Morgan fingerprint density at radius 2 is 1.95 bits per heavy atom. The molecule has 5 nitrogen and oxygen atoms in total. The number of nitrogens with zero attached hydrogens (tertiary/aromatic N) is 1. The third-order valence-electron chi connectivity index (χ3n) is 3.07. The molecule has 2 rings (SSSR count). The number of phenolic OH excluding ortho intramolecular Hbond substituents is 1. The molecule has 0 saturated carbocycles. The standard InChI is InChI=1S/C16H18N2O3/c1-18(2)12-6-4-5-11(9-12)17-16(20)14-10-13(21-3)7-8-15(14)19/h4-10,19H,1-3H3,(H,17,20). The van der Waals surface area contributed by atoms with Crippen molar-refractivity contribution in [3.63, 3.8) is 0 Å². The highest BCUT2D eigenvalue weighted by molar-refractivity contribution is 6.06. The first-order valence-electron chi connectivity index (χ1n) is 6.47. The van der Waals surface area contributed by atoms with Gasteiger partial charge >= 0.3 is 0 Å². The fourth-order valence-electron chi connectivity index (χ4n) is 1.88. The predicted octanol–water partition coefficient (Wildman–Crippen LogP) is 2.72. The number of anilines is 2. The zero-order valence-electron chi connectivity index (χ0n) is 12.3. The molecule has 0 radical (unpaired) electrons. The van der Waals surface area contributed by atoms with Crippen molar-refractivity contribution in [3.8, 4) is 11.5 Å². The van der Waals surface area contributed by atoms with Crippen molar-refractivity contribution in [1.29, 1.82) is 0 Å². The minimum Gasteiger partial charge on any atom is -0.507 e. The van der Waals surface area contributed by atoms with E-state index in [1.54, 1.807) is 12.1 Å². The van der Waals surface area contributed by atoms with Gasteiger partial charge in [0, 0.05) is 25.5 Å². The number of carbonyl (C=O) groups is 1. The normalized spacial score (nSPS) is 10.0. The summed E-state index contributed by atoms with van der Waals surface area (Å²) < 4.78 is 5.06. The second kappa shape index (κ2) is 6.17. The smallest absolute Gasteiger partial charge is 0.259 e. The van der Waals surface area contributed by atoms with Crippen molar-refractivity contribution >= 4 is 17.3 Å². The van der Waals surface area contributed by atoms with Gasteiger partial charge in [-0.15, -0.1) is 0 Å². The third kappa shape index (κ3) is 3.45. The minimum absolute atomic E-state index is 0.0861. The van der Waals surface area contributed by atoms with Crippen LogP contribution in [0.1, 0.15) is 10.4 Å². The fraction of sp³-hybridized carbons (Fsp3) is 0.188. The molecule has 0 spiro atoms. The number of hydrogen-bond acceptors (Lipinski definition) is 4. The Bertz CT molecular complexity index is 654. The summed E-state index contributed by atoms with van der Waals surface area (Å²) in [6.45, 7) is 0. The van der Waals surface area contributed by atoms with Crippen LogP contribution >= 0.6 is 0 Å². The van der Waals surface area contributed by atoms with Crippen LogP contribution in [-0.2, 0) is 0 Å². The Labute approximate surface area is 123 Å². The summed E-state index contributed by atoms with van der Waals surface area (Å²) >= 11 is 0. The molecule has 0 aliphatic rings. The Morgan fingerprint density at radius 3 is 2.62 bits per heavy atom. The van der Waals surface area contributed by atoms with Crippen molar-refractivity contribution in [2.45, 2.75) is 0 Å². The summed E-state index contributed by atoms with van der Waals surface area (Å²) in [6, 6.07) is 12.0. The number of carbonyl (C=O) groups excluding carboxylic acids is 1. The Balaban J connectivity index is 2.24. The molecule has 110 valence electrons. The monoisotopic (exact) mass is 286 g/mol. The highest BCUT2D eigenvalue weighted by atomic mass is 16.5. The molecule has 0 aromatic heterocycles. The molecular weight excluding hydrogens is 268 g/mol. The lowest BCUT2D eigenvalue weighted by Crippen LogP contribution is -2.13. The number of nitrogens with one attached hydrogen (secondary N) is 1. The molecule has 0 unspecified atom stereocenters. The molecule has 5 heteroatoms. The molecule has 2 aromatic carbocycles. The number of ether oxygens (including phenoxy) is 1. The molecule has 0 atom stereocenters. The first kappa shape index (κ1) is 14.7. The summed E-state index contributed by atoms with van der Waals surface area (Å²) in [5, 5.41) is 12.6. The van der Waals surface area contributed by atoms with Gasteiger partial charge in [-0.25, -0.2) is 0 Å². The predicted molar refractivity (Wildman–Crippen MR) is 83.4 cm³/mol. The number of aromatic hydroxyl groups is 1. The molecule has 21 heavy (non-hydrogen) atoms. The molecule has 0 aliphatic carbocycles. The van der Waals surface area contributed by atoms with E-state index in [1.165, 1.54) is 19.2 Å². The van der Waals surface area contributed by atoms with Crippen molar-refractivity contribution in [1.82, 2.24) is 0 Å². The number of rotatable bonds is 4. The first-order chi connectivity index (χ1) is 10.0. The van der Waals surface area contributed by atoms with E-state index in [2.05, 4.69) is 5.32 Å². The number of phenols is 1. The van der Waals surface area contributed by atoms with E-state index in [0.717, 1.165) is 5.69 Å². The van der Waals surface area contributed by atoms with Crippen molar-refractivity contribution in [2.75, 3.05) is 31.4 Å². The van der Waals surface area contributed by atoms with Gasteiger partial charge in [-0.05, 0) is 36.4 Å². The zero-order chi connectivity index (χ0) is 15.4. The molecule has 0 bridgehead atoms. The highest BCUT2D eigenvalue weighted by Gasteiger charge is 2.13. The van der Waals surface area contributed by atoms with Gasteiger partial charge in [0.2, 0.25) is 0 Å². The van der Waals surface area contributed by atoms with E-state index in [-0.39, 0.29) is 17.2 Å². The van der Waals surface area contributed by atoms with Crippen molar-refractivity contribution in [3.05, 3.63) is 48.0 Å². The number of methoxy groups -OCH3 is 1. The van der Waals surface area contributed by atoms with Gasteiger partial charge in [0.15, 0.2) is 0 Å². The molecule has 2 N–H and O–H groups in total. The van der Waals surface area contributed by atoms with Gasteiger partial charge in [0.05, 0.1) is 12.7 Å². The second-order valence-electron chi connectivity index (χ2n) is 4.78. The summed E-state index contributed by atoms with van der Waals surface area (Å²) in [5.74, 6) is 0.0411. The van der Waals surface area contributed by atoms with E-state index < -0.39 is 0 Å². The van der Waals surface area contributed by atoms with E-state index in [0.29, 0.717) is 11.4 Å².